The molecule has 11 heavy (non-hydrogen) atoms. The van der Waals surface area contributed by atoms with Crippen LogP contribution in [0.3, 0.4) is 0 Å². The number of nitrogen functional groups attached to an aromatic ring is 1. The van der Waals surface area contributed by atoms with Gasteiger partial charge in [-0.05, 0) is 6.07 Å². The Morgan fingerprint density at radius 1 is 1.73 bits per heavy atom. The van der Waals surface area contributed by atoms with Gasteiger partial charge in [-0.15, -0.1) is 0 Å². The van der Waals surface area contributed by atoms with E-state index in [2.05, 4.69) is 5.10 Å². The summed E-state index contributed by atoms with van der Waals surface area (Å²) in [6, 6.07) is 0.700. The third-order valence-corrected chi connectivity index (χ3v) is 1.79. The molecular formula is C6H7F2N3. The average molecular weight is 159 g/mol. The molecule has 1 saturated carbocycles. The molecule has 0 bridgehead atoms. The minimum atomic E-state index is -2.60. The highest BCUT2D eigenvalue weighted by atomic mass is 19.3. The van der Waals surface area contributed by atoms with Crippen molar-refractivity contribution < 1.29 is 8.78 Å². The summed E-state index contributed by atoms with van der Waals surface area (Å²) in [6.45, 7) is 0. The van der Waals surface area contributed by atoms with Crippen molar-refractivity contribution >= 4 is 5.82 Å². The van der Waals surface area contributed by atoms with Gasteiger partial charge in [0, 0.05) is 6.42 Å². The van der Waals surface area contributed by atoms with Crippen molar-refractivity contribution in [2.24, 2.45) is 0 Å². The zero-order valence-corrected chi connectivity index (χ0v) is 5.67. The van der Waals surface area contributed by atoms with Crippen LogP contribution in [0, 0.1) is 0 Å². The van der Waals surface area contributed by atoms with Crippen LogP contribution in [0.5, 0.6) is 0 Å². The summed E-state index contributed by atoms with van der Waals surface area (Å²) in [5.41, 5.74) is 5.37. The van der Waals surface area contributed by atoms with Gasteiger partial charge >= 0.3 is 0 Å². The standard InChI is InChI=1S/C6H7F2N3/c7-6(8)3-4(6)11-5(9)1-2-10-11/h1-2,4H,3,9H2. The quantitative estimate of drug-likeness (QED) is 0.665. The maximum Gasteiger partial charge on any atom is 0.272 e. The Hall–Kier alpha value is -1.13. The molecule has 1 aromatic rings. The number of aromatic nitrogens is 2. The summed E-state index contributed by atoms with van der Waals surface area (Å²) in [5, 5.41) is 3.69. The van der Waals surface area contributed by atoms with Crippen LogP contribution in [0.2, 0.25) is 0 Å². The van der Waals surface area contributed by atoms with Crippen molar-refractivity contribution in [2.75, 3.05) is 5.73 Å². The highest BCUT2D eigenvalue weighted by molar-refractivity contribution is 5.28. The lowest BCUT2D eigenvalue weighted by atomic mass is 10.6. The Bertz CT molecular complexity index is 281. The van der Waals surface area contributed by atoms with Crippen LogP contribution in [0.15, 0.2) is 12.3 Å². The van der Waals surface area contributed by atoms with E-state index in [1.54, 1.807) is 0 Å². The Labute approximate surface area is 61.8 Å². The second kappa shape index (κ2) is 1.72. The van der Waals surface area contributed by atoms with Crippen molar-refractivity contribution in [3.05, 3.63) is 12.3 Å². The van der Waals surface area contributed by atoms with Gasteiger partial charge < -0.3 is 5.73 Å². The minimum Gasteiger partial charge on any atom is -0.384 e. The summed E-state index contributed by atoms with van der Waals surface area (Å²) < 4.78 is 26.0. The van der Waals surface area contributed by atoms with Gasteiger partial charge in [0.15, 0.2) is 0 Å². The van der Waals surface area contributed by atoms with Gasteiger partial charge in [0.1, 0.15) is 11.9 Å². The SMILES string of the molecule is Nc1ccnn1C1CC1(F)F. The van der Waals surface area contributed by atoms with Gasteiger partial charge in [-0.25, -0.2) is 13.5 Å². The number of nitrogens with zero attached hydrogens (tertiary/aromatic N) is 2. The molecule has 0 amide bonds. The van der Waals surface area contributed by atoms with E-state index < -0.39 is 12.0 Å². The van der Waals surface area contributed by atoms with Crippen molar-refractivity contribution in [3.63, 3.8) is 0 Å². The molecule has 0 radical (unpaired) electrons. The van der Waals surface area contributed by atoms with E-state index in [0.29, 0.717) is 5.82 Å². The third-order valence-electron chi connectivity index (χ3n) is 1.79. The molecule has 1 aromatic heterocycles. The van der Waals surface area contributed by atoms with Crippen LogP contribution in [0.25, 0.3) is 0 Å². The first-order chi connectivity index (χ1) is 5.11. The number of anilines is 1. The Morgan fingerprint density at radius 2 is 2.36 bits per heavy atom. The molecular weight excluding hydrogens is 152 g/mol. The lowest BCUT2D eigenvalue weighted by Crippen LogP contribution is -2.07. The van der Waals surface area contributed by atoms with E-state index in [0.717, 1.165) is 0 Å². The monoisotopic (exact) mass is 159 g/mol. The topological polar surface area (TPSA) is 43.8 Å². The molecule has 1 atom stereocenters. The lowest BCUT2D eigenvalue weighted by molar-refractivity contribution is 0.0988. The molecule has 2 rings (SSSR count). The molecule has 5 heteroatoms. The van der Waals surface area contributed by atoms with Gasteiger partial charge in [-0.3, -0.25) is 0 Å². The van der Waals surface area contributed by atoms with Crippen molar-refractivity contribution in [2.45, 2.75) is 18.4 Å². The van der Waals surface area contributed by atoms with E-state index in [4.69, 9.17) is 5.73 Å². The van der Waals surface area contributed by atoms with Crippen molar-refractivity contribution in [3.8, 4) is 0 Å². The predicted octanol–water partition coefficient (Wildman–Crippen LogP) is 1.05. The number of hydrogen-bond acceptors (Lipinski definition) is 2. The molecule has 0 aromatic carbocycles. The van der Waals surface area contributed by atoms with E-state index in [1.807, 2.05) is 0 Å². The molecule has 1 unspecified atom stereocenters. The van der Waals surface area contributed by atoms with Gasteiger partial charge in [-0.2, -0.15) is 5.10 Å². The lowest BCUT2D eigenvalue weighted by Gasteiger charge is -2.00. The van der Waals surface area contributed by atoms with Gasteiger partial charge in [0.25, 0.3) is 5.92 Å². The molecule has 0 saturated heterocycles. The van der Waals surface area contributed by atoms with Crippen LogP contribution in [-0.4, -0.2) is 15.7 Å². The van der Waals surface area contributed by atoms with Gasteiger partial charge in [0.2, 0.25) is 0 Å². The third kappa shape index (κ3) is 0.875. The molecule has 1 heterocycles. The fourth-order valence-corrected chi connectivity index (χ4v) is 1.05. The number of nitrogens with two attached hydrogens (primary N) is 1. The van der Waals surface area contributed by atoms with Gasteiger partial charge in [-0.1, -0.05) is 0 Å². The largest absolute Gasteiger partial charge is 0.384 e. The van der Waals surface area contributed by atoms with E-state index in [1.165, 1.54) is 16.9 Å². The average Bonchev–Trinajstić information content (AvgIpc) is 2.38. The summed E-state index contributed by atoms with van der Waals surface area (Å²) >= 11 is 0. The highest BCUT2D eigenvalue weighted by Gasteiger charge is 2.59. The molecule has 2 N–H and O–H groups in total. The maximum atomic E-state index is 12.4. The molecule has 1 aliphatic carbocycles. The minimum absolute atomic E-state index is 0.140. The van der Waals surface area contributed by atoms with Crippen LogP contribution >= 0.6 is 0 Å². The van der Waals surface area contributed by atoms with Crippen molar-refractivity contribution in [1.82, 2.24) is 9.78 Å². The molecule has 0 aliphatic heterocycles. The first-order valence-electron chi connectivity index (χ1n) is 3.28. The first-order valence-corrected chi connectivity index (χ1v) is 3.28. The van der Waals surface area contributed by atoms with Gasteiger partial charge in [0.05, 0.1) is 6.20 Å². The number of halogens is 2. The Balaban J connectivity index is 2.27. The molecule has 0 spiro atoms. The predicted molar refractivity (Wildman–Crippen MR) is 35.2 cm³/mol. The second-order valence-electron chi connectivity index (χ2n) is 2.68. The highest BCUT2D eigenvalue weighted by Crippen LogP contribution is 2.52. The number of hydrogen-bond donors (Lipinski definition) is 1. The first kappa shape index (κ1) is 6.57. The summed E-state index contributed by atoms with van der Waals surface area (Å²) in [6.07, 6.45) is 1.28. The fraction of sp³-hybridized carbons (Fsp3) is 0.500. The van der Waals surface area contributed by atoms with Crippen LogP contribution < -0.4 is 5.73 Å². The smallest absolute Gasteiger partial charge is 0.272 e. The molecule has 60 valence electrons. The summed E-state index contributed by atoms with van der Waals surface area (Å²) in [5.74, 6) is -2.30. The number of rotatable bonds is 1. The summed E-state index contributed by atoms with van der Waals surface area (Å²) in [4.78, 5) is 0. The molecule has 1 fully saturated rings. The zero-order chi connectivity index (χ0) is 8.06. The fourth-order valence-electron chi connectivity index (χ4n) is 1.05. The van der Waals surface area contributed by atoms with Crippen LogP contribution in [0.1, 0.15) is 12.5 Å². The number of alkyl halides is 2. The molecule has 3 nitrogen and oxygen atoms in total. The second-order valence-corrected chi connectivity index (χ2v) is 2.68. The normalized spacial score (nSPS) is 26.9. The maximum absolute atomic E-state index is 12.4. The Kier molecular flexibility index (Phi) is 1.03. The zero-order valence-electron chi connectivity index (χ0n) is 5.67. The van der Waals surface area contributed by atoms with E-state index in [-0.39, 0.29) is 6.42 Å². The van der Waals surface area contributed by atoms with E-state index in [9.17, 15) is 8.78 Å². The summed E-state index contributed by atoms with van der Waals surface area (Å²) in [7, 11) is 0. The van der Waals surface area contributed by atoms with Crippen LogP contribution in [-0.2, 0) is 0 Å². The Morgan fingerprint density at radius 3 is 2.73 bits per heavy atom. The van der Waals surface area contributed by atoms with Crippen LogP contribution in [0.4, 0.5) is 14.6 Å². The molecule has 1 aliphatic rings. The van der Waals surface area contributed by atoms with E-state index >= 15 is 0 Å². The van der Waals surface area contributed by atoms with Crippen molar-refractivity contribution in [1.29, 1.82) is 0 Å².